The first-order chi connectivity index (χ1) is 9.20. The molecule has 5 heteroatoms. The highest BCUT2D eigenvalue weighted by Crippen LogP contribution is 2.19. The molecule has 2 atom stereocenters. The van der Waals surface area contributed by atoms with Gasteiger partial charge >= 0.3 is 0 Å². The van der Waals surface area contributed by atoms with Crippen molar-refractivity contribution in [1.29, 1.82) is 0 Å². The van der Waals surface area contributed by atoms with Crippen LogP contribution in [0.2, 0.25) is 0 Å². The van der Waals surface area contributed by atoms with Gasteiger partial charge in [-0.2, -0.15) is 0 Å². The van der Waals surface area contributed by atoms with Gasteiger partial charge in [0.15, 0.2) is 0 Å². The summed E-state index contributed by atoms with van der Waals surface area (Å²) in [4.78, 5) is 11.7. The molecule has 19 heavy (non-hydrogen) atoms. The van der Waals surface area contributed by atoms with E-state index in [-0.39, 0.29) is 18.6 Å². The van der Waals surface area contributed by atoms with Gasteiger partial charge in [-0.3, -0.25) is 4.79 Å². The van der Waals surface area contributed by atoms with Crippen molar-refractivity contribution in [2.24, 2.45) is 0 Å². The average molecular weight is 265 g/mol. The van der Waals surface area contributed by atoms with Crippen molar-refractivity contribution in [3.8, 4) is 5.75 Å². The maximum absolute atomic E-state index is 11.7. The molecule has 1 aliphatic rings. The minimum absolute atomic E-state index is 0.153. The monoisotopic (exact) mass is 265 g/mol. The normalized spacial score (nSPS) is 20.0. The molecule has 0 radical (unpaired) electrons. The third-order valence-corrected chi connectivity index (χ3v) is 3.17. The van der Waals surface area contributed by atoms with E-state index in [1.54, 1.807) is 31.4 Å². The molecule has 2 N–H and O–H groups in total. The third kappa shape index (κ3) is 3.68. The molecule has 0 spiro atoms. The van der Waals surface area contributed by atoms with E-state index in [4.69, 9.17) is 9.47 Å². The summed E-state index contributed by atoms with van der Waals surface area (Å²) in [6.07, 6.45) is 0.551. The topological polar surface area (TPSA) is 67.8 Å². The predicted octanol–water partition coefficient (Wildman–Crippen LogP) is 1.02. The van der Waals surface area contributed by atoms with Crippen LogP contribution in [0.3, 0.4) is 0 Å². The zero-order valence-electron chi connectivity index (χ0n) is 11.0. The van der Waals surface area contributed by atoms with Crippen LogP contribution in [0.15, 0.2) is 24.3 Å². The molecule has 0 unspecified atom stereocenters. The second-order valence-electron chi connectivity index (χ2n) is 4.54. The SMILES string of the molecule is COc1cccc([C@@H](O)CNC(=O)[C@@H]2CCCO2)c1. The van der Waals surface area contributed by atoms with Crippen molar-refractivity contribution in [3.63, 3.8) is 0 Å². The first-order valence-corrected chi connectivity index (χ1v) is 6.42. The number of aliphatic hydroxyl groups excluding tert-OH is 1. The lowest BCUT2D eigenvalue weighted by Gasteiger charge is -2.15. The van der Waals surface area contributed by atoms with Gasteiger partial charge in [0, 0.05) is 13.2 Å². The van der Waals surface area contributed by atoms with Gasteiger partial charge in [-0.05, 0) is 30.5 Å². The molecule has 0 aliphatic carbocycles. The lowest BCUT2D eigenvalue weighted by molar-refractivity contribution is -0.130. The number of aliphatic hydroxyl groups is 1. The fourth-order valence-electron chi connectivity index (χ4n) is 2.06. The van der Waals surface area contributed by atoms with Gasteiger partial charge in [-0.25, -0.2) is 0 Å². The molecule has 0 saturated carbocycles. The molecule has 1 fully saturated rings. The van der Waals surface area contributed by atoms with E-state index in [2.05, 4.69) is 5.32 Å². The smallest absolute Gasteiger partial charge is 0.249 e. The van der Waals surface area contributed by atoms with Crippen molar-refractivity contribution in [3.05, 3.63) is 29.8 Å². The number of hydrogen-bond donors (Lipinski definition) is 2. The zero-order valence-corrected chi connectivity index (χ0v) is 11.0. The summed E-state index contributed by atoms with van der Waals surface area (Å²) in [6, 6.07) is 7.16. The molecule has 5 nitrogen and oxygen atoms in total. The van der Waals surface area contributed by atoms with Crippen LogP contribution in [-0.2, 0) is 9.53 Å². The van der Waals surface area contributed by atoms with E-state index >= 15 is 0 Å². The maximum atomic E-state index is 11.7. The molecular weight excluding hydrogens is 246 g/mol. The van der Waals surface area contributed by atoms with Crippen LogP contribution in [0.1, 0.15) is 24.5 Å². The highest BCUT2D eigenvalue weighted by Gasteiger charge is 2.23. The summed E-state index contributed by atoms with van der Waals surface area (Å²) in [7, 11) is 1.57. The Labute approximate surface area is 112 Å². The van der Waals surface area contributed by atoms with Crippen LogP contribution >= 0.6 is 0 Å². The van der Waals surface area contributed by atoms with Crippen molar-refractivity contribution >= 4 is 5.91 Å². The van der Waals surface area contributed by atoms with Gasteiger partial charge < -0.3 is 19.9 Å². The van der Waals surface area contributed by atoms with Crippen LogP contribution in [0.4, 0.5) is 0 Å². The van der Waals surface area contributed by atoms with Gasteiger partial charge in [0.1, 0.15) is 11.9 Å². The van der Waals surface area contributed by atoms with Crippen molar-refractivity contribution in [2.75, 3.05) is 20.3 Å². The Morgan fingerprint density at radius 2 is 2.47 bits per heavy atom. The van der Waals surface area contributed by atoms with Crippen LogP contribution in [0.25, 0.3) is 0 Å². The minimum Gasteiger partial charge on any atom is -0.497 e. The Morgan fingerprint density at radius 3 is 3.16 bits per heavy atom. The Bertz CT molecular complexity index is 429. The summed E-state index contributed by atoms with van der Waals surface area (Å²) in [5, 5.41) is 12.7. The molecule has 1 aromatic rings. The number of carbonyl (C=O) groups is 1. The van der Waals surface area contributed by atoms with Crippen LogP contribution in [0.5, 0.6) is 5.75 Å². The van der Waals surface area contributed by atoms with Crippen molar-refractivity contribution < 1.29 is 19.4 Å². The number of amides is 1. The molecule has 104 valence electrons. The standard InChI is InChI=1S/C14H19NO4/c1-18-11-5-2-4-10(8-11)12(16)9-15-14(17)13-6-3-7-19-13/h2,4-5,8,12-13,16H,3,6-7,9H2,1H3,(H,15,17)/t12-,13-/m0/s1. The fraction of sp³-hybridized carbons (Fsp3) is 0.500. The molecule has 1 aromatic carbocycles. The molecule has 1 aliphatic heterocycles. The van der Waals surface area contributed by atoms with E-state index in [1.807, 2.05) is 0 Å². The number of methoxy groups -OCH3 is 1. The van der Waals surface area contributed by atoms with Gasteiger partial charge in [0.05, 0.1) is 13.2 Å². The van der Waals surface area contributed by atoms with Crippen LogP contribution in [-0.4, -0.2) is 37.4 Å². The number of benzene rings is 1. The van der Waals surface area contributed by atoms with Gasteiger partial charge in [0.25, 0.3) is 0 Å². The van der Waals surface area contributed by atoms with E-state index in [0.29, 0.717) is 17.9 Å². The highest BCUT2D eigenvalue weighted by molar-refractivity contribution is 5.80. The Kier molecular flexibility index (Phi) is 4.76. The molecular formula is C14H19NO4. The van der Waals surface area contributed by atoms with Gasteiger partial charge in [0.2, 0.25) is 5.91 Å². The largest absolute Gasteiger partial charge is 0.497 e. The average Bonchev–Trinajstić information content (AvgIpc) is 2.98. The van der Waals surface area contributed by atoms with Crippen LogP contribution < -0.4 is 10.1 Å². The first-order valence-electron chi connectivity index (χ1n) is 6.42. The zero-order chi connectivity index (χ0) is 13.7. The van der Waals surface area contributed by atoms with E-state index in [9.17, 15) is 9.90 Å². The van der Waals surface area contributed by atoms with Gasteiger partial charge in [-0.1, -0.05) is 12.1 Å². The summed E-state index contributed by atoms with van der Waals surface area (Å²) in [5.74, 6) is 0.529. The second kappa shape index (κ2) is 6.54. The minimum atomic E-state index is -0.750. The molecule has 1 heterocycles. The lowest BCUT2D eigenvalue weighted by Crippen LogP contribution is -2.36. The number of rotatable bonds is 5. The van der Waals surface area contributed by atoms with E-state index in [0.717, 1.165) is 12.8 Å². The molecule has 0 bridgehead atoms. The number of ether oxygens (including phenoxy) is 2. The third-order valence-electron chi connectivity index (χ3n) is 3.17. The van der Waals surface area contributed by atoms with Gasteiger partial charge in [-0.15, -0.1) is 0 Å². The van der Waals surface area contributed by atoms with Crippen molar-refractivity contribution in [1.82, 2.24) is 5.32 Å². The fourth-order valence-corrected chi connectivity index (χ4v) is 2.06. The highest BCUT2D eigenvalue weighted by atomic mass is 16.5. The number of carbonyl (C=O) groups excluding carboxylic acids is 1. The lowest BCUT2D eigenvalue weighted by atomic mass is 10.1. The Balaban J connectivity index is 1.86. The quantitative estimate of drug-likeness (QED) is 0.834. The van der Waals surface area contributed by atoms with E-state index < -0.39 is 6.10 Å². The first kappa shape index (κ1) is 13.8. The molecule has 2 rings (SSSR count). The number of nitrogens with one attached hydrogen (secondary N) is 1. The molecule has 0 aromatic heterocycles. The summed E-state index contributed by atoms with van der Waals surface area (Å²) < 4.78 is 10.4. The molecule has 1 saturated heterocycles. The van der Waals surface area contributed by atoms with Crippen LogP contribution in [0, 0.1) is 0 Å². The Morgan fingerprint density at radius 1 is 1.63 bits per heavy atom. The second-order valence-corrected chi connectivity index (χ2v) is 4.54. The summed E-state index contributed by atoms with van der Waals surface area (Å²) >= 11 is 0. The number of hydrogen-bond acceptors (Lipinski definition) is 4. The predicted molar refractivity (Wildman–Crippen MR) is 69.9 cm³/mol. The maximum Gasteiger partial charge on any atom is 0.249 e. The van der Waals surface area contributed by atoms with Crippen molar-refractivity contribution in [2.45, 2.75) is 25.0 Å². The summed E-state index contributed by atoms with van der Waals surface area (Å²) in [6.45, 7) is 0.808. The Hall–Kier alpha value is -1.59. The van der Waals surface area contributed by atoms with E-state index in [1.165, 1.54) is 0 Å². The summed E-state index contributed by atoms with van der Waals surface area (Å²) in [5.41, 5.74) is 0.715. The molecule has 1 amide bonds.